The molecule has 0 atom stereocenters. The van der Waals surface area contributed by atoms with Crippen molar-refractivity contribution in [2.75, 3.05) is 14.2 Å². The summed E-state index contributed by atoms with van der Waals surface area (Å²) in [5, 5.41) is 4.71. The first-order valence-electron chi connectivity index (χ1n) is 14.4. The SMILES string of the molecule is COC(=O)c1c(-c2ccc(OC(c3ccccc3)(c3ccccc3)c3ccccc3)cc2)nn(-c2ccccc2)c1C(=O)OC. The molecule has 6 aromatic rings. The Labute approximate surface area is 261 Å². The maximum absolute atomic E-state index is 13.1. The summed E-state index contributed by atoms with van der Waals surface area (Å²) in [6.07, 6.45) is 0. The first-order valence-corrected chi connectivity index (χ1v) is 14.4. The van der Waals surface area contributed by atoms with E-state index in [2.05, 4.69) is 36.4 Å². The minimum atomic E-state index is -0.963. The highest BCUT2D eigenvalue weighted by Gasteiger charge is 2.39. The molecular weight excluding hydrogens is 564 g/mol. The van der Waals surface area contributed by atoms with E-state index in [9.17, 15) is 9.59 Å². The highest BCUT2D eigenvalue weighted by Crippen LogP contribution is 2.41. The van der Waals surface area contributed by atoms with Gasteiger partial charge in [0, 0.05) is 22.3 Å². The molecule has 45 heavy (non-hydrogen) atoms. The molecule has 0 saturated carbocycles. The number of nitrogens with zero attached hydrogens (tertiary/aromatic N) is 2. The molecule has 5 aromatic carbocycles. The molecule has 0 spiro atoms. The molecule has 1 heterocycles. The van der Waals surface area contributed by atoms with Crippen LogP contribution in [0.2, 0.25) is 0 Å². The van der Waals surface area contributed by atoms with Gasteiger partial charge in [-0.25, -0.2) is 14.3 Å². The van der Waals surface area contributed by atoms with Gasteiger partial charge in [0.05, 0.1) is 19.9 Å². The molecular formula is C38H30N2O5. The van der Waals surface area contributed by atoms with Gasteiger partial charge < -0.3 is 14.2 Å². The van der Waals surface area contributed by atoms with E-state index in [4.69, 9.17) is 19.3 Å². The van der Waals surface area contributed by atoms with Gasteiger partial charge in [0.1, 0.15) is 17.0 Å². The third kappa shape index (κ3) is 5.47. The van der Waals surface area contributed by atoms with Crippen molar-refractivity contribution in [3.63, 3.8) is 0 Å². The molecule has 7 nitrogen and oxygen atoms in total. The second kappa shape index (κ2) is 12.7. The molecule has 0 fully saturated rings. The third-order valence-electron chi connectivity index (χ3n) is 7.59. The molecule has 0 radical (unpaired) electrons. The van der Waals surface area contributed by atoms with Crippen LogP contribution in [0.5, 0.6) is 5.75 Å². The van der Waals surface area contributed by atoms with Crippen LogP contribution in [-0.4, -0.2) is 35.9 Å². The number of hydrogen-bond acceptors (Lipinski definition) is 6. The van der Waals surface area contributed by atoms with Gasteiger partial charge in [0.25, 0.3) is 0 Å². The summed E-state index contributed by atoms with van der Waals surface area (Å²) in [6, 6.07) is 46.6. The lowest BCUT2D eigenvalue weighted by atomic mass is 9.80. The van der Waals surface area contributed by atoms with Crippen molar-refractivity contribution in [2.24, 2.45) is 0 Å². The minimum Gasteiger partial charge on any atom is -0.473 e. The van der Waals surface area contributed by atoms with E-state index in [1.165, 1.54) is 18.9 Å². The monoisotopic (exact) mass is 594 g/mol. The fraction of sp³-hybridized carbons (Fsp3) is 0.0789. The van der Waals surface area contributed by atoms with Crippen LogP contribution >= 0.6 is 0 Å². The number of benzene rings is 5. The molecule has 6 rings (SSSR count). The molecule has 0 aliphatic carbocycles. The number of carbonyl (C=O) groups excluding carboxylic acids is 2. The zero-order chi connectivity index (χ0) is 31.2. The molecule has 0 aliphatic rings. The van der Waals surface area contributed by atoms with Gasteiger partial charge in [-0.2, -0.15) is 5.10 Å². The van der Waals surface area contributed by atoms with E-state index in [0.29, 0.717) is 17.0 Å². The molecule has 0 aliphatic heterocycles. The Bertz CT molecular complexity index is 1810. The number of carbonyl (C=O) groups is 2. The Morgan fingerprint density at radius 1 is 0.578 bits per heavy atom. The van der Waals surface area contributed by atoms with Crippen molar-refractivity contribution in [3.05, 3.63) is 174 Å². The number of hydrogen-bond donors (Lipinski definition) is 0. The van der Waals surface area contributed by atoms with Gasteiger partial charge in [0.2, 0.25) is 0 Å². The number of esters is 2. The summed E-state index contributed by atoms with van der Waals surface area (Å²) in [6.45, 7) is 0. The lowest BCUT2D eigenvalue weighted by Crippen LogP contribution is -2.36. The van der Waals surface area contributed by atoms with Crippen LogP contribution in [0.3, 0.4) is 0 Å². The molecule has 1 aromatic heterocycles. The average molecular weight is 595 g/mol. The summed E-state index contributed by atoms with van der Waals surface area (Å²) >= 11 is 0. The summed E-state index contributed by atoms with van der Waals surface area (Å²) < 4.78 is 18.6. The van der Waals surface area contributed by atoms with Gasteiger partial charge in [0.15, 0.2) is 11.3 Å². The van der Waals surface area contributed by atoms with E-state index in [1.807, 2.05) is 97.1 Å². The number of rotatable bonds is 9. The van der Waals surface area contributed by atoms with Crippen LogP contribution < -0.4 is 4.74 Å². The second-order valence-corrected chi connectivity index (χ2v) is 10.2. The van der Waals surface area contributed by atoms with E-state index in [-0.39, 0.29) is 17.0 Å². The first kappa shape index (κ1) is 29.1. The predicted octanol–water partition coefficient (Wildman–Crippen LogP) is 7.48. The van der Waals surface area contributed by atoms with Gasteiger partial charge in [-0.3, -0.25) is 0 Å². The van der Waals surface area contributed by atoms with E-state index in [0.717, 1.165) is 16.7 Å². The molecule has 0 bridgehead atoms. The van der Waals surface area contributed by atoms with Gasteiger partial charge in [-0.05, 0) is 36.4 Å². The van der Waals surface area contributed by atoms with Gasteiger partial charge in [-0.15, -0.1) is 0 Å². The quantitative estimate of drug-likeness (QED) is 0.128. The smallest absolute Gasteiger partial charge is 0.357 e. The van der Waals surface area contributed by atoms with Crippen LogP contribution in [0.25, 0.3) is 16.9 Å². The molecule has 0 N–H and O–H groups in total. The van der Waals surface area contributed by atoms with Crippen LogP contribution in [0.15, 0.2) is 146 Å². The van der Waals surface area contributed by atoms with Crippen LogP contribution in [0, 0.1) is 0 Å². The fourth-order valence-corrected chi connectivity index (χ4v) is 5.51. The number of aromatic nitrogens is 2. The van der Waals surface area contributed by atoms with Crippen molar-refractivity contribution in [1.29, 1.82) is 0 Å². The fourth-order valence-electron chi connectivity index (χ4n) is 5.51. The Hall–Kier alpha value is -5.95. The van der Waals surface area contributed by atoms with E-state index in [1.54, 1.807) is 12.1 Å². The second-order valence-electron chi connectivity index (χ2n) is 10.2. The molecule has 0 saturated heterocycles. The van der Waals surface area contributed by atoms with Crippen LogP contribution in [-0.2, 0) is 15.1 Å². The number of para-hydroxylation sites is 1. The Morgan fingerprint density at radius 3 is 1.47 bits per heavy atom. The lowest BCUT2D eigenvalue weighted by molar-refractivity contribution is 0.0549. The van der Waals surface area contributed by atoms with Gasteiger partial charge >= 0.3 is 11.9 Å². The van der Waals surface area contributed by atoms with Crippen molar-refractivity contribution < 1.29 is 23.8 Å². The largest absolute Gasteiger partial charge is 0.473 e. The summed E-state index contributed by atoms with van der Waals surface area (Å²) in [7, 11) is 2.52. The predicted molar refractivity (Wildman–Crippen MR) is 172 cm³/mol. The standard InChI is InChI=1S/C38H30N2O5/c1-43-36(41)33-34(39-40(35(33)37(42)44-2)31-21-13-6-14-22-31)27-23-25-32(26-24-27)45-38(28-15-7-3-8-16-28,29-17-9-4-10-18-29)30-19-11-5-12-20-30/h3-26H,1-2H3. The van der Waals surface area contributed by atoms with E-state index < -0.39 is 17.5 Å². The topological polar surface area (TPSA) is 79.7 Å². The van der Waals surface area contributed by atoms with Crippen molar-refractivity contribution in [2.45, 2.75) is 5.60 Å². The van der Waals surface area contributed by atoms with Crippen molar-refractivity contribution >= 4 is 11.9 Å². The zero-order valence-electron chi connectivity index (χ0n) is 24.8. The van der Waals surface area contributed by atoms with Crippen molar-refractivity contribution in [3.8, 4) is 22.7 Å². The van der Waals surface area contributed by atoms with Gasteiger partial charge in [-0.1, -0.05) is 109 Å². The molecule has 0 amide bonds. The summed E-state index contributed by atoms with van der Waals surface area (Å²) in [5.41, 5.74) is 3.36. The lowest BCUT2D eigenvalue weighted by Gasteiger charge is -2.36. The maximum atomic E-state index is 13.1. The Kier molecular flexibility index (Phi) is 8.24. The molecule has 0 unspecified atom stereocenters. The zero-order valence-corrected chi connectivity index (χ0v) is 24.8. The number of methoxy groups -OCH3 is 2. The van der Waals surface area contributed by atoms with E-state index >= 15 is 0 Å². The van der Waals surface area contributed by atoms with Crippen molar-refractivity contribution in [1.82, 2.24) is 9.78 Å². The Morgan fingerprint density at radius 2 is 1.02 bits per heavy atom. The normalized spacial score (nSPS) is 11.1. The number of ether oxygens (including phenoxy) is 3. The highest BCUT2D eigenvalue weighted by atomic mass is 16.5. The molecule has 222 valence electrons. The average Bonchev–Trinajstić information content (AvgIpc) is 3.52. The third-order valence-corrected chi connectivity index (χ3v) is 7.59. The molecule has 7 heteroatoms. The van der Waals surface area contributed by atoms with Crippen LogP contribution in [0.4, 0.5) is 0 Å². The minimum absolute atomic E-state index is 0.00840. The summed E-state index contributed by atoms with van der Waals surface area (Å²) in [5.74, 6) is -0.828. The summed E-state index contributed by atoms with van der Waals surface area (Å²) in [4.78, 5) is 26.1. The maximum Gasteiger partial charge on any atom is 0.357 e. The van der Waals surface area contributed by atoms with Crippen LogP contribution in [0.1, 0.15) is 37.5 Å². The highest BCUT2D eigenvalue weighted by molar-refractivity contribution is 6.06. The Balaban J connectivity index is 1.49. The first-order chi connectivity index (χ1) is 22.1.